The summed E-state index contributed by atoms with van der Waals surface area (Å²) in [5.41, 5.74) is 1.48. The summed E-state index contributed by atoms with van der Waals surface area (Å²) in [7, 11) is 0. The largest absolute Gasteiger partial charge is 0.0856 e. The van der Waals surface area contributed by atoms with Gasteiger partial charge in [-0.3, -0.25) is 0 Å². The van der Waals surface area contributed by atoms with Gasteiger partial charge in [0.15, 0.2) is 0 Å². The Bertz CT molecular complexity index is 168. The summed E-state index contributed by atoms with van der Waals surface area (Å²) in [6.45, 7) is 4.41. The molecule has 0 radical (unpaired) electrons. The second kappa shape index (κ2) is 6.05. The number of halogens is 1. The van der Waals surface area contributed by atoms with Gasteiger partial charge in [0, 0.05) is 3.92 Å². The summed E-state index contributed by atoms with van der Waals surface area (Å²) in [6.07, 6.45) is 11.0. The molecular formula is C12H21I. The maximum Gasteiger partial charge on any atom is 0.0141 e. The highest BCUT2D eigenvalue weighted by atomic mass is 127. The van der Waals surface area contributed by atoms with E-state index in [0.29, 0.717) is 0 Å². The molecule has 1 saturated carbocycles. The van der Waals surface area contributed by atoms with E-state index in [-0.39, 0.29) is 0 Å². The standard InChI is InChI=1S/C12H21I/c1-10(2)8-9-11-6-4-3-5-7-12(11)13/h8,11-12H,3-7,9H2,1-2H3/t11-,12-/m1/s1. The number of allylic oxidation sites excluding steroid dienone is 2. The summed E-state index contributed by atoms with van der Waals surface area (Å²) in [4.78, 5) is 0. The van der Waals surface area contributed by atoms with E-state index in [2.05, 4.69) is 42.5 Å². The molecule has 0 aromatic heterocycles. The third-order valence-electron chi connectivity index (χ3n) is 2.90. The lowest BCUT2D eigenvalue weighted by Crippen LogP contribution is -2.11. The van der Waals surface area contributed by atoms with Crippen LogP contribution in [0.25, 0.3) is 0 Å². The van der Waals surface area contributed by atoms with E-state index >= 15 is 0 Å². The Labute approximate surface area is 96.3 Å². The van der Waals surface area contributed by atoms with Crippen LogP contribution in [0.15, 0.2) is 11.6 Å². The second-order valence-electron chi connectivity index (χ2n) is 4.43. The Morgan fingerprint density at radius 2 is 1.92 bits per heavy atom. The van der Waals surface area contributed by atoms with Gasteiger partial charge in [-0.2, -0.15) is 0 Å². The van der Waals surface area contributed by atoms with E-state index in [0.717, 1.165) is 9.84 Å². The van der Waals surface area contributed by atoms with Gasteiger partial charge < -0.3 is 0 Å². The topological polar surface area (TPSA) is 0 Å². The molecule has 0 heterocycles. The number of rotatable bonds is 2. The van der Waals surface area contributed by atoms with Crippen LogP contribution >= 0.6 is 22.6 Å². The fourth-order valence-corrected chi connectivity index (χ4v) is 3.09. The number of alkyl halides is 1. The smallest absolute Gasteiger partial charge is 0.0141 e. The van der Waals surface area contributed by atoms with E-state index in [1.165, 1.54) is 44.1 Å². The molecule has 76 valence electrons. The lowest BCUT2D eigenvalue weighted by Gasteiger charge is -2.18. The Hall–Kier alpha value is 0.470. The zero-order valence-electron chi connectivity index (χ0n) is 8.85. The van der Waals surface area contributed by atoms with Crippen LogP contribution in [0.2, 0.25) is 0 Å². The minimum absolute atomic E-state index is 0.927. The molecule has 0 saturated heterocycles. The Morgan fingerprint density at radius 3 is 2.62 bits per heavy atom. The van der Waals surface area contributed by atoms with Gasteiger partial charge in [0.1, 0.15) is 0 Å². The molecule has 0 nitrogen and oxygen atoms in total. The van der Waals surface area contributed by atoms with Crippen LogP contribution in [0.3, 0.4) is 0 Å². The molecule has 0 aromatic rings. The van der Waals surface area contributed by atoms with Crippen LogP contribution in [0, 0.1) is 5.92 Å². The van der Waals surface area contributed by atoms with Crippen molar-refractivity contribution in [3.8, 4) is 0 Å². The van der Waals surface area contributed by atoms with Crippen molar-refractivity contribution >= 4 is 22.6 Å². The fourth-order valence-electron chi connectivity index (χ4n) is 1.99. The van der Waals surface area contributed by atoms with Crippen molar-refractivity contribution in [3.63, 3.8) is 0 Å². The van der Waals surface area contributed by atoms with E-state index in [4.69, 9.17) is 0 Å². The van der Waals surface area contributed by atoms with Crippen molar-refractivity contribution in [1.82, 2.24) is 0 Å². The highest BCUT2D eigenvalue weighted by molar-refractivity contribution is 14.1. The molecular weight excluding hydrogens is 271 g/mol. The predicted octanol–water partition coefficient (Wildman–Crippen LogP) is 4.73. The summed E-state index contributed by atoms with van der Waals surface area (Å²) in [5.74, 6) is 0.956. The van der Waals surface area contributed by atoms with Crippen molar-refractivity contribution in [2.24, 2.45) is 5.92 Å². The van der Waals surface area contributed by atoms with E-state index in [1.807, 2.05) is 0 Å². The van der Waals surface area contributed by atoms with Gasteiger partial charge >= 0.3 is 0 Å². The first-order chi connectivity index (χ1) is 6.20. The van der Waals surface area contributed by atoms with Crippen LogP contribution in [-0.4, -0.2) is 3.92 Å². The molecule has 1 heteroatoms. The van der Waals surface area contributed by atoms with Gasteiger partial charge in [0.25, 0.3) is 0 Å². The first kappa shape index (κ1) is 11.5. The summed E-state index contributed by atoms with van der Waals surface area (Å²) in [5, 5.41) is 0. The van der Waals surface area contributed by atoms with Crippen molar-refractivity contribution in [1.29, 1.82) is 0 Å². The molecule has 1 aliphatic carbocycles. The predicted molar refractivity (Wildman–Crippen MR) is 68.4 cm³/mol. The van der Waals surface area contributed by atoms with Crippen molar-refractivity contribution in [2.75, 3.05) is 0 Å². The lowest BCUT2D eigenvalue weighted by atomic mass is 9.96. The van der Waals surface area contributed by atoms with Crippen LogP contribution in [0.5, 0.6) is 0 Å². The summed E-state index contributed by atoms with van der Waals surface area (Å²) in [6, 6.07) is 0. The highest BCUT2D eigenvalue weighted by Crippen LogP contribution is 2.31. The Kier molecular flexibility index (Phi) is 5.37. The first-order valence-electron chi connectivity index (χ1n) is 5.47. The molecule has 2 atom stereocenters. The van der Waals surface area contributed by atoms with Gasteiger partial charge in [-0.05, 0) is 39.0 Å². The maximum absolute atomic E-state index is 2.66. The molecule has 0 aromatic carbocycles. The molecule has 1 fully saturated rings. The number of hydrogen-bond donors (Lipinski definition) is 0. The zero-order valence-corrected chi connectivity index (χ0v) is 11.0. The van der Waals surface area contributed by atoms with Gasteiger partial charge in [-0.1, -0.05) is 53.5 Å². The molecule has 1 aliphatic rings. The maximum atomic E-state index is 2.66. The molecule has 1 rings (SSSR count). The average molecular weight is 292 g/mol. The molecule has 13 heavy (non-hydrogen) atoms. The molecule has 0 N–H and O–H groups in total. The monoisotopic (exact) mass is 292 g/mol. The number of hydrogen-bond acceptors (Lipinski definition) is 0. The van der Waals surface area contributed by atoms with Gasteiger partial charge in [0.2, 0.25) is 0 Å². The third-order valence-corrected chi connectivity index (χ3v) is 4.54. The van der Waals surface area contributed by atoms with Crippen LogP contribution in [0.1, 0.15) is 52.4 Å². The van der Waals surface area contributed by atoms with Crippen LogP contribution in [0.4, 0.5) is 0 Å². The van der Waals surface area contributed by atoms with E-state index in [1.54, 1.807) is 0 Å². The minimum Gasteiger partial charge on any atom is -0.0856 e. The molecule has 0 bridgehead atoms. The molecule has 0 unspecified atom stereocenters. The van der Waals surface area contributed by atoms with E-state index in [9.17, 15) is 0 Å². The third kappa shape index (κ3) is 4.48. The van der Waals surface area contributed by atoms with Crippen molar-refractivity contribution in [2.45, 2.75) is 56.3 Å². The highest BCUT2D eigenvalue weighted by Gasteiger charge is 2.19. The quantitative estimate of drug-likeness (QED) is 0.299. The van der Waals surface area contributed by atoms with Gasteiger partial charge in [0.05, 0.1) is 0 Å². The van der Waals surface area contributed by atoms with E-state index < -0.39 is 0 Å². The second-order valence-corrected chi connectivity index (χ2v) is 6.03. The van der Waals surface area contributed by atoms with Gasteiger partial charge in [-0.25, -0.2) is 0 Å². The normalized spacial score (nSPS) is 29.5. The molecule has 0 spiro atoms. The summed E-state index contributed by atoms with van der Waals surface area (Å²) >= 11 is 2.66. The van der Waals surface area contributed by atoms with Crippen LogP contribution in [-0.2, 0) is 0 Å². The Morgan fingerprint density at radius 1 is 1.23 bits per heavy atom. The lowest BCUT2D eigenvalue weighted by molar-refractivity contribution is 0.489. The zero-order chi connectivity index (χ0) is 9.68. The fraction of sp³-hybridized carbons (Fsp3) is 0.833. The Balaban J connectivity index is 2.40. The average Bonchev–Trinajstić information content (AvgIpc) is 2.27. The summed E-state index contributed by atoms with van der Waals surface area (Å²) < 4.78 is 0.927. The molecule has 0 amide bonds. The van der Waals surface area contributed by atoms with Crippen LogP contribution < -0.4 is 0 Å². The SMILES string of the molecule is CC(C)=CC[C@H]1CCCCC[C@H]1I. The van der Waals surface area contributed by atoms with Crippen molar-refractivity contribution < 1.29 is 0 Å². The van der Waals surface area contributed by atoms with Gasteiger partial charge in [-0.15, -0.1) is 0 Å². The minimum atomic E-state index is 0.927. The first-order valence-corrected chi connectivity index (χ1v) is 6.72. The molecule has 0 aliphatic heterocycles. The van der Waals surface area contributed by atoms with Crippen molar-refractivity contribution in [3.05, 3.63) is 11.6 Å².